The molecule has 3 aromatic rings. The minimum absolute atomic E-state index is 0.113. The van der Waals surface area contributed by atoms with Crippen molar-refractivity contribution in [2.24, 2.45) is 0 Å². The van der Waals surface area contributed by atoms with Crippen molar-refractivity contribution in [1.29, 1.82) is 0 Å². The molecule has 2 atom stereocenters. The second-order valence-electron chi connectivity index (χ2n) is 20.9. The van der Waals surface area contributed by atoms with E-state index >= 15 is 4.79 Å². The lowest BCUT2D eigenvalue weighted by atomic mass is 9.84. The molecule has 3 aromatic heterocycles. The average molecular weight is 1030 g/mol. The Hall–Kier alpha value is -6.25. The van der Waals surface area contributed by atoms with E-state index in [0.29, 0.717) is 91.4 Å². The zero-order valence-corrected chi connectivity index (χ0v) is 45.2. The van der Waals surface area contributed by atoms with Gasteiger partial charge in [0.05, 0.1) is 73.4 Å². The number of hydrogen-bond acceptors (Lipinski definition) is 14. The Morgan fingerprint density at radius 2 is 1.51 bits per heavy atom. The van der Waals surface area contributed by atoms with Gasteiger partial charge in [-0.1, -0.05) is 13.8 Å². The Morgan fingerprint density at radius 3 is 2.20 bits per heavy atom. The highest BCUT2D eigenvalue weighted by Crippen LogP contribution is 2.44. The summed E-state index contributed by atoms with van der Waals surface area (Å²) >= 11 is 0. The third-order valence-corrected chi connectivity index (χ3v) is 14.8. The van der Waals surface area contributed by atoms with Gasteiger partial charge in [-0.2, -0.15) is 0 Å². The maximum Gasteiger partial charge on any atom is 0.407 e. The number of aromatic nitrogens is 4. The molecular weight excluding hydrogens is 959 g/mol. The molecule has 0 spiro atoms. The standard InChI is InChI=1S/C56H75N9O10/c1-10-38-34(2)42-32-46-39(12-14-48(67)74-30-29-73-28-23-64-21-26-72-27-22-64)35(3)41(59-46)31-43-36(4)40(11-13-47(66)62(9)16-15-57-55(70)75-56(6,7)8)51(60-43)50-52-49(37(5)44(61-52)33-45(38)58-42)53(68)65(54(50)69)18-17-63-19-24-71-25-20-63/h12,14,31-33,36,40,59,61H,10-11,13,15-30H2,1-9H3,(H,57,70)/b14-12+,41-31?,42-32?,43-31?,44-33?,45-33?,46-32?,51-50?/t36-,40-/m0/s1. The summed E-state index contributed by atoms with van der Waals surface area (Å²) in [5, 5.41) is 2.73. The third kappa shape index (κ3) is 12.9. The Bertz CT molecular complexity index is 2880. The van der Waals surface area contributed by atoms with Crippen molar-refractivity contribution in [2.45, 2.75) is 92.1 Å². The highest BCUT2D eigenvalue weighted by molar-refractivity contribution is 6.23. The van der Waals surface area contributed by atoms with Crippen LogP contribution in [0, 0.1) is 13.8 Å². The van der Waals surface area contributed by atoms with Gasteiger partial charge in [-0.05, 0) is 101 Å². The molecular formula is C56H75N9O10. The van der Waals surface area contributed by atoms with Gasteiger partial charge in [0.15, 0.2) is 0 Å². The number of imide groups is 1. The second-order valence-corrected chi connectivity index (χ2v) is 20.9. The van der Waals surface area contributed by atoms with Gasteiger partial charge >= 0.3 is 12.1 Å². The van der Waals surface area contributed by atoms with Crippen LogP contribution in [0.25, 0.3) is 39.3 Å². The SMILES string of the molecule is CCC1=C(C)c2cc3[nH]c(cc4nc(c5c6[nH]c(cc1n2)c(C)c6C(=O)N(CCN1CCOCC1)C5=O)[C@@H](CCC(=O)N(C)CCNC(=O)OC(C)(C)C)[C@@H]4C)c(C)c3/C=C/C(=O)OCCOCCN1CCOCC1. The Labute approximate surface area is 439 Å². The van der Waals surface area contributed by atoms with Crippen LogP contribution in [0.5, 0.6) is 0 Å². The molecule has 19 heteroatoms. The van der Waals surface area contributed by atoms with E-state index < -0.39 is 29.5 Å². The normalized spacial score (nSPS) is 18.5. The van der Waals surface area contributed by atoms with Crippen molar-refractivity contribution in [1.82, 2.24) is 44.9 Å². The monoisotopic (exact) mass is 1030 g/mol. The van der Waals surface area contributed by atoms with Crippen LogP contribution in [0.15, 0.2) is 24.3 Å². The smallest absolute Gasteiger partial charge is 0.407 e. The first-order valence-corrected chi connectivity index (χ1v) is 26.5. The molecule has 19 nitrogen and oxygen atoms in total. The Kier molecular flexibility index (Phi) is 17.7. The fourth-order valence-corrected chi connectivity index (χ4v) is 10.4. The lowest BCUT2D eigenvalue weighted by molar-refractivity contribution is -0.139. The summed E-state index contributed by atoms with van der Waals surface area (Å²) in [6.45, 7) is 24.0. The van der Waals surface area contributed by atoms with Crippen molar-refractivity contribution in [3.63, 3.8) is 0 Å². The summed E-state index contributed by atoms with van der Waals surface area (Å²) < 4.78 is 27.7. The van der Waals surface area contributed by atoms with E-state index in [9.17, 15) is 19.2 Å². The zero-order valence-electron chi connectivity index (χ0n) is 45.2. The number of H-pyrrole nitrogens is 2. The maximum absolute atomic E-state index is 15.3. The number of hydrogen-bond donors (Lipinski definition) is 3. The minimum atomic E-state index is -0.660. The summed E-state index contributed by atoms with van der Waals surface area (Å²) in [7, 11) is 1.70. The molecule has 2 saturated heterocycles. The number of amides is 4. The lowest BCUT2D eigenvalue weighted by Gasteiger charge is -2.31. The van der Waals surface area contributed by atoms with Gasteiger partial charge in [0.2, 0.25) is 5.91 Å². The van der Waals surface area contributed by atoms with Crippen molar-refractivity contribution < 1.29 is 47.7 Å². The highest BCUT2D eigenvalue weighted by atomic mass is 16.6. The number of ether oxygens (including phenoxy) is 5. The van der Waals surface area contributed by atoms with Crippen molar-refractivity contribution in [3.8, 4) is 0 Å². The van der Waals surface area contributed by atoms with Crippen LogP contribution in [-0.2, 0) is 33.3 Å². The summed E-state index contributed by atoms with van der Waals surface area (Å²) in [6.07, 6.45) is 3.76. The minimum Gasteiger partial charge on any atom is -0.460 e. The number of alkyl carbamates (subject to hydrolysis) is 1. The molecule has 0 radical (unpaired) electrons. The number of carbonyl (C=O) groups excluding carboxylic acids is 5. The van der Waals surface area contributed by atoms with Gasteiger partial charge in [0.25, 0.3) is 11.8 Å². The van der Waals surface area contributed by atoms with E-state index in [4.69, 9.17) is 33.7 Å². The number of rotatable bonds is 18. The molecule has 0 unspecified atom stereocenters. The van der Waals surface area contributed by atoms with Crippen LogP contribution in [0.3, 0.4) is 0 Å². The number of carbonyl (C=O) groups is 5. The van der Waals surface area contributed by atoms with Gasteiger partial charge in [-0.3, -0.25) is 34.1 Å². The predicted molar refractivity (Wildman–Crippen MR) is 286 cm³/mol. The molecule has 75 heavy (non-hydrogen) atoms. The maximum atomic E-state index is 15.3. The van der Waals surface area contributed by atoms with E-state index in [1.807, 2.05) is 39.0 Å². The zero-order chi connectivity index (χ0) is 53.6. The Balaban J connectivity index is 1.19. The number of nitrogens with zero attached hydrogens (tertiary/aromatic N) is 6. The van der Waals surface area contributed by atoms with Crippen LogP contribution in [0.1, 0.15) is 133 Å². The van der Waals surface area contributed by atoms with Crippen LogP contribution >= 0.6 is 0 Å². The topological polar surface area (TPSA) is 214 Å². The van der Waals surface area contributed by atoms with Crippen LogP contribution in [0.2, 0.25) is 0 Å². The van der Waals surface area contributed by atoms with Crippen LogP contribution < -0.4 is 5.32 Å². The van der Waals surface area contributed by atoms with Gasteiger partial charge < -0.3 is 43.9 Å². The number of fused-ring (bicyclic) bond motifs is 8. The number of allylic oxidation sites excluding steroid dienone is 2. The second kappa shape index (κ2) is 24.2. The molecule has 5 aliphatic heterocycles. The van der Waals surface area contributed by atoms with E-state index in [2.05, 4.69) is 38.9 Å². The molecule has 0 aliphatic carbocycles. The molecule has 5 aliphatic rings. The number of likely N-dealkylation sites (N-methyl/N-ethyl adjacent to an activating group) is 1. The van der Waals surface area contributed by atoms with E-state index in [1.54, 1.807) is 38.8 Å². The van der Waals surface area contributed by atoms with Crippen LogP contribution in [-0.4, -0.2) is 187 Å². The first-order chi connectivity index (χ1) is 35.9. The molecule has 8 rings (SSSR count). The molecule has 404 valence electrons. The van der Waals surface area contributed by atoms with E-state index in [1.165, 1.54) is 11.0 Å². The lowest BCUT2D eigenvalue weighted by Crippen LogP contribution is -2.47. The number of morpholine rings is 2. The fraction of sp³-hybridized carbons (Fsp3) is 0.554. The van der Waals surface area contributed by atoms with Gasteiger partial charge in [-0.15, -0.1) is 0 Å². The van der Waals surface area contributed by atoms with E-state index in [0.717, 1.165) is 77.5 Å². The molecule has 0 saturated carbocycles. The first kappa shape index (κ1) is 55.0. The van der Waals surface area contributed by atoms with Gasteiger partial charge in [-0.25, -0.2) is 14.6 Å². The summed E-state index contributed by atoms with van der Waals surface area (Å²) in [5.74, 6) is -2.19. The first-order valence-electron chi connectivity index (χ1n) is 26.5. The van der Waals surface area contributed by atoms with Crippen molar-refractivity contribution >= 4 is 69.1 Å². The van der Waals surface area contributed by atoms with Gasteiger partial charge in [0, 0.05) is 118 Å². The Morgan fingerprint density at radius 1 is 0.840 bits per heavy atom. The molecule has 2 fully saturated rings. The van der Waals surface area contributed by atoms with Gasteiger partial charge in [0.1, 0.15) is 12.2 Å². The summed E-state index contributed by atoms with van der Waals surface area (Å²) in [4.78, 5) is 94.6. The number of aryl methyl sites for hydroxylation is 2. The van der Waals surface area contributed by atoms with Crippen LogP contribution in [0.4, 0.5) is 4.79 Å². The number of nitrogens with one attached hydrogen (secondary N) is 3. The van der Waals surface area contributed by atoms with Crippen molar-refractivity contribution in [2.75, 3.05) is 112 Å². The summed E-state index contributed by atoms with van der Waals surface area (Å²) in [5.41, 5.74) is 9.52. The molecule has 8 heterocycles. The molecule has 8 bridgehead atoms. The molecule has 3 N–H and O–H groups in total. The largest absolute Gasteiger partial charge is 0.460 e. The number of aromatic amines is 2. The van der Waals surface area contributed by atoms with E-state index in [-0.39, 0.29) is 57.0 Å². The summed E-state index contributed by atoms with van der Waals surface area (Å²) in [6, 6.07) is 5.93. The molecule has 4 amide bonds. The highest BCUT2D eigenvalue weighted by Gasteiger charge is 2.41. The average Bonchev–Trinajstić information content (AvgIpc) is 4.08. The van der Waals surface area contributed by atoms with Crippen molar-refractivity contribution in [3.05, 3.63) is 74.9 Å². The fourth-order valence-electron chi connectivity index (χ4n) is 10.4. The number of esters is 1. The third-order valence-electron chi connectivity index (χ3n) is 14.8. The quantitative estimate of drug-likeness (QED) is 0.0520. The predicted octanol–water partition coefficient (Wildman–Crippen LogP) is 6.76. The molecule has 0 aromatic carbocycles.